The molecule has 3 aromatic carbocycles. The maximum atomic E-state index is 4.70. The first kappa shape index (κ1) is 22.6. The third-order valence-electron chi connectivity index (χ3n) is 8.11. The first-order valence-electron chi connectivity index (χ1n) is 12.8. The van der Waals surface area contributed by atoms with Crippen LogP contribution in [-0.4, -0.2) is 32.5 Å². The third-order valence-corrected chi connectivity index (χ3v) is 14.5. The number of anilines is 2. The van der Waals surface area contributed by atoms with Crippen molar-refractivity contribution in [1.82, 2.24) is 20.2 Å². The molecule has 0 bridgehead atoms. The summed E-state index contributed by atoms with van der Waals surface area (Å²) in [4.78, 5) is 11.9. The molecule has 7 heteroatoms. The van der Waals surface area contributed by atoms with E-state index in [0.29, 0.717) is 5.66 Å². The Morgan fingerprint density at radius 2 is 1.70 bits per heavy atom. The van der Waals surface area contributed by atoms with Crippen molar-refractivity contribution in [3.8, 4) is 0 Å². The van der Waals surface area contributed by atoms with Gasteiger partial charge >= 0.3 is 221 Å². The van der Waals surface area contributed by atoms with Crippen LogP contribution in [0.2, 0.25) is 0 Å². The number of thiophene rings is 1. The Morgan fingerprint density at radius 3 is 2.46 bits per heavy atom. The quantitative estimate of drug-likeness (QED) is 0.265. The van der Waals surface area contributed by atoms with Crippen molar-refractivity contribution in [2.24, 2.45) is 0 Å². The first-order valence-corrected chi connectivity index (χ1v) is 16.2. The van der Waals surface area contributed by atoms with Gasteiger partial charge < -0.3 is 0 Å². The number of aromatic amines is 1. The van der Waals surface area contributed by atoms with E-state index in [1.165, 1.54) is 32.9 Å². The van der Waals surface area contributed by atoms with E-state index in [1.54, 1.807) is 6.33 Å². The van der Waals surface area contributed by atoms with Gasteiger partial charge in [-0.05, 0) is 0 Å². The molecule has 2 N–H and O–H groups in total. The van der Waals surface area contributed by atoms with Crippen LogP contribution in [0.1, 0.15) is 16.9 Å². The fraction of sp³-hybridized carbons (Fsp3) is 0.167. The predicted octanol–water partition coefficient (Wildman–Crippen LogP) is 6.20. The normalized spacial score (nSPS) is 16.1. The van der Waals surface area contributed by atoms with Crippen molar-refractivity contribution in [1.29, 1.82) is 0 Å². The molecule has 7 rings (SSSR count). The Bertz CT molecular complexity index is 1670. The topological polar surface area (TPSA) is 66.5 Å². The number of nitrogens with one attached hydrogen (secondary N) is 2. The molecular weight excluding hydrogens is 493 g/mol. The number of fused-ring (bicyclic) bond motifs is 4. The molecule has 3 aromatic heterocycles. The van der Waals surface area contributed by atoms with Gasteiger partial charge in [-0.3, -0.25) is 0 Å². The Hall–Kier alpha value is -3.60. The molecule has 6 aromatic rings. The predicted molar refractivity (Wildman–Crippen MR) is 159 cm³/mol. The van der Waals surface area contributed by atoms with Crippen molar-refractivity contribution in [2.45, 2.75) is 24.9 Å². The number of benzene rings is 3. The second kappa shape index (κ2) is 9.05. The molecule has 37 heavy (non-hydrogen) atoms. The number of hydrogen-bond donors (Lipinski definition) is 2. The number of rotatable bonds is 5. The molecule has 0 spiro atoms. The summed E-state index contributed by atoms with van der Waals surface area (Å²) in [7, 11) is -1.97. The molecule has 0 fully saturated rings. The SMILES string of the molecule is C[PH](c1ccccc1)(c1ccccc1)C1CCc2c(sc3ncnc(Nc4ccc5[nH]ncc5c4)c23)C1. The number of hydrogen-bond acceptors (Lipinski definition) is 5. The van der Waals surface area contributed by atoms with Gasteiger partial charge in [0.05, 0.1) is 0 Å². The van der Waals surface area contributed by atoms with Gasteiger partial charge in [0.2, 0.25) is 0 Å². The van der Waals surface area contributed by atoms with Crippen molar-refractivity contribution in [3.05, 3.63) is 102 Å². The third kappa shape index (κ3) is 3.83. The molecule has 1 unspecified atom stereocenters. The second-order valence-corrected chi connectivity index (χ2v) is 15.5. The van der Waals surface area contributed by atoms with Gasteiger partial charge in [-0.1, -0.05) is 0 Å². The summed E-state index contributed by atoms with van der Waals surface area (Å²) < 4.78 is 0. The van der Waals surface area contributed by atoms with Crippen molar-refractivity contribution in [2.75, 3.05) is 12.0 Å². The average molecular weight is 522 g/mol. The molecule has 0 amide bonds. The van der Waals surface area contributed by atoms with E-state index in [1.807, 2.05) is 17.5 Å². The fourth-order valence-electron chi connectivity index (χ4n) is 6.06. The van der Waals surface area contributed by atoms with Crippen LogP contribution in [0.3, 0.4) is 0 Å². The number of aryl methyl sites for hydroxylation is 1. The van der Waals surface area contributed by atoms with Crippen LogP contribution in [-0.2, 0) is 12.8 Å². The second-order valence-electron chi connectivity index (χ2n) is 10.1. The molecule has 184 valence electrons. The molecule has 1 atom stereocenters. The molecule has 5 nitrogen and oxygen atoms in total. The minimum absolute atomic E-state index is 0.630. The van der Waals surface area contributed by atoms with Gasteiger partial charge in [-0.2, -0.15) is 0 Å². The fourth-order valence-corrected chi connectivity index (χ4v) is 11.9. The molecule has 0 saturated heterocycles. The van der Waals surface area contributed by atoms with E-state index in [2.05, 4.69) is 106 Å². The van der Waals surface area contributed by atoms with E-state index in [9.17, 15) is 0 Å². The average Bonchev–Trinajstić information content (AvgIpc) is 3.57. The zero-order chi connectivity index (χ0) is 24.8. The molecule has 3 heterocycles. The minimum atomic E-state index is -1.97. The van der Waals surface area contributed by atoms with Crippen molar-refractivity contribution < 1.29 is 0 Å². The van der Waals surface area contributed by atoms with E-state index in [0.717, 1.165) is 40.1 Å². The number of aromatic nitrogens is 4. The van der Waals surface area contributed by atoms with Crippen LogP contribution in [0.25, 0.3) is 21.1 Å². The van der Waals surface area contributed by atoms with Crippen LogP contribution < -0.4 is 15.9 Å². The monoisotopic (exact) mass is 521 g/mol. The summed E-state index contributed by atoms with van der Waals surface area (Å²) in [5.41, 5.74) is 4.10. The maximum absolute atomic E-state index is 4.70. The summed E-state index contributed by atoms with van der Waals surface area (Å²) in [6.45, 7) is 2.57. The molecule has 0 aliphatic heterocycles. The molecule has 1 aliphatic rings. The van der Waals surface area contributed by atoms with Crippen LogP contribution in [0.5, 0.6) is 0 Å². The first-order chi connectivity index (χ1) is 18.2. The zero-order valence-corrected chi connectivity index (χ0v) is 22.4. The van der Waals surface area contributed by atoms with Gasteiger partial charge in [0, 0.05) is 0 Å². The van der Waals surface area contributed by atoms with Gasteiger partial charge in [-0.15, -0.1) is 0 Å². The summed E-state index contributed by atoms with van der Waals surface area (Å²) in [6, 6.07) is 28.7. The van der Waals surface area contributed by atoms with Gasteiger partial charge in [0.15, 0.2) is 0 Å². The van der Waals surface area contributed by atoms with E-state index in [4.69, 9.17) is 4.98 Å². The molecule has 0 saturated carbocycles. The van der Waals surface area contributed by atoms with E-state index < -0.39 is 7.26 Å². The van der Waals surface area contributed by atoms with Crippen LogP contribution in [0.4, 0.5) is 11.5 Å². The van der Waals surface area contributed by atoms with E-state index >= 15 is 0 Å². The summed E-state index contributed by atoms with van der Waals surface area (Å²) in [5, 5.41) is 16.1. The number of H-pyrrole nitrogens is 1. The Kier molecular flexibility index (Phi) is 5.53. The van der Waals surface area contributed by atoms with Gasteiger partial charge in [0.25, 0.3) is 0 Å². The molecular formula is C30H28N5PS. The Morgan fingerprint density at radius 1 is 0.946 bits per heavy atom. The van der Waals surface area contributed by atoms with Gasteiger partial charge in [0.1, 0.15) is 0 Å². The Balaban J connectivity index is 1.27. The zero-order valence-electron chi connectivity index (χ0n) is 20.6. The van der Waals surface area contributed by atoms with Gasteiger partial charge in [-0.25, -0.2) is 0 Å². The standard InChI is InChI=1S/C30H28N5PS/c1-36(22-8-4-2-5-9-22,23-10-6-3-7-11-23)24-13-14-25-27(17-24)37-30-28(25)29(31-19-32-30)34-21-12-15-26-20(16-21)18-33-35-26/h2-12,15-16,18-19,24,36H,13-14,17H2,1H3,(H,33,35)(H,31,32,34). The molecule has 0 radical (unpaired) electrons. The summed E-state index contributed by atoms with van der Waals surface area (Å²) in [6.07, 6.45) is 6.88. The Labute approximate surface area is 220 Å². The summed E-state index contributed by atoms with van der Waals surface area (Å²) in [5.74, 6) is 0.898. The number of nitrogens with zero attached hydrogens (tertiary/aromatic N) is 3. The van der Waals surface area contributed by atoms with Crippen molar-refractivity contribution in [3.63, 3.8) is 0 Å². The van der Waals surface area contributed by atoms with E-state index in [-0.39, 0.29) is 0 Å². The van der Waals surface area contributed by atoms with Crippen LogP contribution >= 0.6 is 18.6 Å². The van der Waals surface area contributed by atoms with Crippen LogP contribution in [0.15, 0.2) is 91.4 Å². The van der Waals surface area contributed by atoms with Crippen LogP contribution in [0, 0.1) is 0 Å². The summed E-state index contributed by atoms with van der Waals surface area (Å²) >= 11 is 1.85. The molecule has 1 aliphatic carbocycles. The van der Waals surface area contributed by atoms with Crippen molar-refractivity contribution >= 4 is 61.8 Å².